The highest BCUT2D eigenvalue weighted by Gasteiger charge is 2.19. The Balaban J connectivity index is 2.46. The second kappa shape index (κ2) is 4.37. The van der Waals surface area contributed by atoms with Crippen molar-refractivity contribution in [1.29, 1.82) is 0 Å². The monoisotopic (exact) mass is 221 g/mol. The Morgan fingerprint density at radius 1 is 1.06 bits per heavy atom. The van der Waals surface area contributed by atoms with Gasteiger partial charge in [-0.1, -0.05) is 12.1 Å². The number of aromatic nitrogens is 1. The van der Waals surface area contributed by atoms with Gasteiger partial charge in [0.15, 0.2) is 0 Å². The summed E-state index contributed by atoms with van der Waals surface area (Å²) in [5.41, 5.74) is 0.00185. The molecular weight excluding hydrogens is 212 g/mol. The summed E-state index contributed by atoms with van der Waals surface area (Å²) >= 11 is 0. The van der Waals surface area contributed by atoms with Crippen LogP contribution in [0.25, 0.3) is 0 Å². The van der Waals surface area contributed by atoms with Gasteiger partial charge >= 0.3 is 0 Å². The molecule has 1 unspecified atom stereocenters. The van der Waals surface area contributed by atoms with Gasteiger partial charge in [-0.25, -0.2) is 8.78 Å². The van der Waals surface area contributed by atoms with E-state index in [1.54, 1.807) is 12.1 Å². The summed E-state index contributed by atoms with van der Waals surface area (Å²) in [5, 5.41) is 9.83. The van der Waals surface area contributed by atoms with Gasteiger partial charge in [0.2, 0.25) is 0 Å². The maximum atomic E-state index is 13.4. The van der Waals surface area contributed by atoms with Crippen molar-refractivity contribution in [1.82, 2.24) is 4.98 Å². The zero-order valence-corrected chi connectivity index (χ0v) is 8.27. The molecule has 0 aliphatic heterocycles. The van der Waals surface area contributed by atoms with Crippen molar-refractivity contribution in [3.8, 4) is 0 Å². The number of pyridine rings is 1. The largest absolute Gasteiger partial charge is 0.383 e. The van der Waals surface area contributed by atoms with Crippen molar-refractivity contribution in [3.05, 3.63) is 65.5 Å². The molecule has 2 rings (SSSR count). The van der Waals surface area contributed by atoms with E-state index in [9.17, 15) is 13.9 Å². The van der Waals surface area contributed by atoms with E-state index in [1.165, 1.54) is 18.5 Å². The molecule has 0 saturated heterocycles. The van der Waals surface area contributed by atoms with Gasteiger partial charge in [-0.05, 0) is 18.2 Å². The molecule has 0 radical (unpaired) electrons. The molecule has 1 aromatic heterocycles. The van der Waals surface area contributed by atoms with E-state index in [0.29, 0.717) is 5.56 Å². The summed E-state index contributed by atoms with van der Waals surface area (Å²) in [7, 11) is 0. The van der Waals surface area contributed by atoms with E-state index in [1.807, 2.05) is 0 Å². The lowest BCUT2D eigenvalue weighted by Crippen LogP contribution is -2.05. The fraction of sp³-hybridized carbons (Fsp3) is 0.0833. The molecule has 0 fully saturated rings. The number of hydrogen-bond acceptors (Lipinski definition) is 2. The fourth-order valence-corrected chi connectivity index (χ4v) is 1.48. The number of benzene rings is 1. The molecule has 0 aliphatic rings. The van der Waals surface area contributed by atoms with Crippen LogP contribution < -0.4 is 0 Å². The van der Waals surface area contributed by atoms with Crippen LogP contribution in [0.5, 0.6) is 0 Å². The lowest BCUT2D eigenvalue weighted by atomic mass is 10.0. The minimum Gasteiger partial charge on any atom is -0.383 e. The molecule has 4 heteroatoms. The van der Waals surface area contributed by atoms with E-state index in [2.05, 4.69) is 4.98 Å². The van der Waals surface area contributed by atoms with Gasteiger partial charge in [0.25, 0.3) is 0 Å². The first-order valence-electron chi connectivity index (χ1n) is 4.72. The number of rotatable bonds is 2. The van der Waals surface area contributed by atoms with Gasteiger partial charge in [0, 0.05) is 18.0 Å². The Morgan fingerprint density at radius 2 is 1.75 bits per heavy atom. The number of hydrogen-bond donors (Lipinski definition) is 1. The van der Waals surface area contributed by atoms with Gasteiger partial charge in [0.1, 0.15) is 17.7 Å². The Hall–Kier alpha value is -1.81. The van der Waals surface area contributed by atoms with Gasteiger partial charge in [-0.15, -0.1) is 0 Å². The van der Waals surface area contributed by atoms with Gasteiger partial charge in [-0.2, -0.15) is 0 Å². The Bertz CT molecular complexity index is 467. The Kier molecular flexibility index (Phi) is 2.92. The summed E-state index contributed by atoms with van der Waals surface area (Å²) in [5.74, 6) is -1.53. The van der Waals surface area contributed by atoms with Crippen LogP contribution in [0.2, 0.25) is 0 Å². The van der Waals surface area contributed by atoms with E-state index in [4.69, 9.17) is 0 Å². The van der Waals surface area contributed by atoms with Crippen molar-refractivity contribution in [2.45, 2.75) is 6.10 Å². The third-order valence-electron chi connectivity index (χ3n) is 2.27. The molecule has 2 aromatic rings. The molecular formula is C12H9F2NO. The van der Waals surface area contributed by atoms with Crippen LogP contribution in [0.3, 0.4) is 0 Å². The van der Waals surface area contributed by atoms with Crippen molar-refractivity contribution in [2.24, 2.45) is 0 Å². The summed E-state index contributed by atoms with van der Waals surface area (Å²) in [6, 6.07) is 6.63. The van der Waals surface area contributed by atoms with Gasteiger partial charge in [0.05, 0.1) is 5.56 Å². The standard InChI is InChI=1S/C12H9F2NO/c13-9-4-1-5-10(14)11(9)12(16)8-3-2-6-15-7-8/h1-7,12,16H. The highest BCUT2D eigenvalue weighted by atomic mass is 19.1. The zero-order chi connectivity index (χ0) is 11.5. The summed E-state index contributed by atoms with van der Waals surface area (Å²) in [4.78, 5) is 3.79. The van der Waals surface area contributed by atoms with Gasteiger partial charge < -0.3 is 5.11 Å². The second-order valence-corrected chi connectivity index (χ2v) is 3.32. The Labute approximate surface area is 91.2 Å². The first-order valence-corrected chi connectivity index (χ1v) is 4.72. The van der Waals surface area contributed by atoms with Crippen LogP contribution in [0.1, 0.15) is 17.2 Å². The summed E-state index contributed by atoms with van der Waals surface area (Å²) < 4.78 is 26.7. The highest BCUT2D eigenvalue weighted by Crippen LogP contribution is 2.25. The minimum atomic E-state index is -1.34. The quantitative estimate of drug-likeness (QED) is 0.844. The van der Waals surface area contributed by atoms with E-state index in [0.717, 1.165) is 12.1 Å². The minimum absolute atomic E-state index is 0.351. The van der Waals surface area contributed by atoms with Crippen LogP contribution >= 0.6 is 0 Å². The molecule has 1 aromatic carbocycles. The lowest BCUT2D eigenvalue weighted by molar-refractivity contribution is 0.208. The second-order valence-electron chi connectivity index (χ2n) is 3.32. The van der Waals surface area contributed by atoms with Crippen molar-refractivity contribution >= 4 is 0 Å². The molecule has 82 valence electrons. The summed E-state index contributed by atoms with van der Waals surface area (Å²) in [6.07, 6.45) is 1.56. The molecule has 16 heavy (non-hydrogen) atoms. The molecule has 0 bridgehead atoms. The van der Waals surface area contributed by atoms with E-state index >= 15 is 0 Å². The fourth-order valence-electron chi connectivity index (χ4n) is 1.48. The SMILES string of the molecule is OC(c1cccnc1)c1c(F)cccc1F. The molecule has 2 nitrogen and oxygen atoms in total. The van der Waals surface area contributed by atoms with E-state index < -0.39 is 17.7 Å². The smallest absolute Gasteiger partial charge is 0.132 e. The number of aliphatic hydroxyl groups is 1. The molecule has 0 saturated carbocycles. The van der Waals surface area contributed by atoms with Crippen molar-refractivity contribution < 1.29 is 13.9 Å². The van der Waals surface area contributed by atoms with E-state index in [-0.39, 0.29) is 5.56 Å². The number of nitrogens with zero attached hydrogens (tertiary/aromatic N) is 1. The lowest BCUT2D eigenvalue weighted by Gasteiger charge is -2.12. The molecule has 1 N–H and O–H groups in total. The normalized spacial score (nSPS) is 12.4. The molecule has 0 aliphatic carbocycles. The molecule has 1 heterocycles. The molecule has 1 atom stereocenters. The number of aliphatic hydroxyl groups excluding tert-OH is 1. The summed E-state index contributed by atoms with van der Waals surface area (Å²) in [6.45, 7) is 0. The van der Waals surface area contributed by atoms with Crippen LogP contribution in [0.15, 0.2) is 42.7 Å². The van der Waals surface area contributed by atoms with Crippen LogP contribution in [0.4, 0.5) is 8.78 Å². The average Bonchev–Trinajstić information content (AvgIpc) is 2.30. The van der Waals surface area contributed by atoms with Crippen LogP contribution in [0, 0.1) is 11.6 Å². The third-order valence-corrected chi connectivity index (χ3v) is 2.27. The predicted octanol–water partition coefficient (Wildman–Crippen LogP) is 2.44. The molecule has 0 amide bonds. The maximum absolute atomic E-state index is 13.4. The van der Waals surface area contributed by atoms with Crippen LogP contribution in [-0.4, -0.2) is 10.1 Å². The van der Waals surface area contributed by atoms with Crippen molar-refractivity contribution in [3.63, 3.8) is 0 Å². The topological polar surface area (TPSA) is 33.1 Å². The van der Waals surface area contributed by atoms with Crippen LogP contribution in [-0.2, 0) is 0 Å². The van der Waals surface area contributed by atoms with Crippen molar-refractivity contribution in [2.75, 3.05) is 0 Å². The highest BCUT2D eigenvalue weighted by molar-refractivity contribution is 5.30. The number of halogens is 2. The average molecular weight is 221 g/mol. The Morgan fingerprint density at radius 3 is 2.31 bits per heavy atom. The maximum Gasteiger partial charge on any atom is 0.132 e. The predicted molar refractivity (Wildman–Crippen MR) is 54.7 cm³/mol. The third kappa shape index (κ3) is 1.92. The first-order chi connectivity index (χ1) is 7.70. The first kappa shape index (κ1) is 10.7. The molecule has 0 spiro atoms. The van der Waals surface area contributed by atoms with Gasteiger partial charge in [-0.3, -0.25) is 4.98 Å². The zero-order valence-electron chi connectivity index (χ0n) is 8.27.